The summed E-state index contributed by atoms with van der Waals surface area (Å²) in [5.74, 6) is -0.396. The van der Waals surface area contributed by atoms with Gasteiger partial charge in [0.25, 0.3) is 0 Å². The van der Waals surface area contributed by atoms with Crippen molar-refractivity contribution in [3.8, 4) is 5.69 Å². The number of carbonyl (C=O) groups is 1. The van der Waals surface area contributed by atoms with Crippen LogP contribution in [0.25, 0.3) is 5.69 Å². The van der Waals surface area contributed by atoms with Crippen molar-refractivity contribution in [2.24, 2.45) is 5.92 Å². The van der Waals surface area contributed by atoms with Gasteiger partial charge in [-0.05, 0) is 43.5 Å². The number of rotatable bonds is 6. The van der Waals surface area contributed by atoms with Crippen LogP contribution < -0.4 is 0 Å². The normalized spacial score (nSPS) is 16.5. The summed E-state index contributed by atoms with van der Waals surface area (Å²) in [7, 11) is -3.17. The first-order valence-corrected chi connectivity index (χ1v) is 10.3. The number of piperidine rings is 1. The van der Waals surface area contributed by atoms with Crippen LogP contribution in [0.5, 0.6) is 0 Å². The third-order valence-electron chi connectivity index (χ3n) is 4.63. The van der Waals surface area contributed by atoms with E-state index in [0.29, 0.717) is 25.9 Å². The third kappa shape index (κ3) is 4.31. The Kier molecular flexibility index (Phi) is 5.73. The number of esters is 1. The molecule has 7 nitrogen and oxygen atoms in total. The zero-order valence-corrected chi connectivity index (χ0v) is 15.6. The summed E-state index contributed by atoms with van der Waals surface area (Å²) < 4.78 is 32.4. The van der Waals surface area contributed by atoms with Crippen LogP contribution in [0, 0.1) is 5.92 Å². The molecular formula is C18H23N3O4S. The highest BCUT2D eigenvalue weighted by atomic mass is 32.2. The Morgan fingerprint density at radius 2 is 1.92 bits per heavy atom. The van der Waals surface area contributed by atoms with E-state index in [1.54, 1.807) is 17.8 Å². The first kappa shape index (κ1) is 18.6. The Bertz CT molecular complexity index is 824. The lowest BCUT2D eigenvalue weighted by Gasteiger charge is -2.29. The van der Waals surface area contributed by atoms with E-state index in [1.807, 2.05) is 36.5 Å². The smallest absolute Gasteiger partial charge is 0.309 e. The topological polar surface area (TPSA) is 81.5 Å². The Labute approximate surface area is 153 Å². The number of sulfonamides is 1. The molecule has 2 heterocycles. The first-order chi connectivity index (χ1) is 12.5. The van der Waals surface area contributed by atoms with Crippen molar-refractivity contribution in [1.82, 2.24) is 14.1 Å². The highest BCUT2D eigenvalue weighted by molar-refractivity contribution is 7.89. The van der Waals surface area contributed by atoms with Crippen molar-refractivity contribution >= 4 is 16.0 Å². The van der Waals surface area contributed by atoms with Gasteiger partial charge in [0.1, 0.15) is 6.61 Å². The second kappa shape index (κ2) is 8.01. The quantitative estimate of drug-likeness (QED) is 0.719. The van der Waals surface area contributed by atoms with Crippen molar-refractivity contribution in [2.75, 3.05) is 18.8 Å². The van der Waals surface area contributed by atoms with Crippen LogP contribution in [0.3, 0.4) is 0 Å². The van der Waals surface area contributed by atoms with Gasteiger partial charge >= 0.3 is 5.97 Å². The Hall–Kier alpha value is -2.19. The van der Waals surface area contributed by atoms with Crippen LogP contribution in [-0.4, -0.2) is 47.3 Å². The minimum atomic E-state index is -3.17. The van der Waals surface area contributed by atoms with Gasteiger partial charge < -0.3 is 4.74 Å². The Balaban J connectivity index is 1.49. The second-order valence-electron chi connectivity index (χ2n) is 6.30. The standard InChI is InChI=1S/C18H23N3O4S/c1-2-26(23,24)20-12-8-16(9-13-20)18(22)25-14-15-4-6-17(7-5-15)21-11-3-10-19-21/h3-7,10-11,16H,2,8-9,12-14H2,1H3. The fourth-order valence-electron chi connectivity index (χ4n) is 2.99. The van der Waals surface area contributed by atoms with E-state index >= 15 is 0 Å². The molecule has 1 saturated heterocycles. The largest absolute Gasteiger partial charge is 0.461 e. The molecule has 1 fully saturated rings. The highest BCUT2D eigenvalue weighted by Crippen LogP contribution is 2.21. The van der Waals surface area contributed by atoms with Gasteiger partial charge in [0.2, 0.25) is 10.0 Å². The van der Waals surface area contributed by atoms with Crippen LogP contribution in [-0.2, 0) is 26.2 Å². The van der Waals surface area contributed by atoms with E-state index < -0.39 is 10.0 Å². The molecule has 1 aromatic carbocycles. The Morgan fingerprint density at radius 1 is 1.23 bits per heavy atom. The molecule has 1 aromatic heterocycles. The number of carbonyl (C=O) groups excluding carboxylic acids is 1. The van der Waals surface area contributed by atoms with Gasteiger partial charge in [0.15, 0.2) is 0 Å². The fourth-order valence-corrected chi connectivity index (χ4v) is 4.12. The molecule has 3 rings (SSSR count). The van der Waals surface area contributed by atoms with Crippen molar-refractivity contribution in [3.63, 3.8) is 0 Å². The number of hydrogen-bond acceptors (Lipinski definition) is 5. The van der Waals surface area contributed by atoms with Gasteiger partial charge in [-0.3, -0.25) is 4.79 Å². The van der Waals surface area contributed by atoms with Crippen LogP contribution in [0.1, 0.15) is 25.3 Å². The van der Waals surface area contributed by atoms with Gasteiger partial charge in [-0.1, -0.05) is 12.1 Å². The Morgan fingerprint density at radius 3 is 2.50 bits per heavy atom. The number of benzene rings is 1. The maximum Gasteiger partial charge on any atom is 0.309 e. The van der Waals surface area contributed by atoms with Gasteiger partial charge in [-0.15, -0.1) is 0 Å². The molecule has 0 atom stereocenters. The first-order valence-electron chi connectivity index (χ1n) is 8.73. The average Bonchev–Trinajstić information content (AvgIpc) is 3.21. The van der Waals surface area contributed by atoms with Gasteiger partial charge in [0, 0.05) is 25.5 Å². The summed E-state index contributed by atoms with van der Waals surface area (Å²) in [6, 6.07) is 9.50. The molecule has 0 aliphatic carbocycles. The van der Waals surface area contributed by atoms with Crippen LogP contribution in [0.2, 0.25) is 0 Å². The molecule has 0 unspecified atom stereocenters. The van der Waals surface area contributed by atoms with E-state index in [0.717, 1.165) is 11.3 Å². The molecule has 0 N–H and O–H groups in total. The second-order valence-corrected chi connectivity index (χ2v) is 8.56. The number of ether oxygens (including phenoxy) is 1. The summed E-state index contributed by atoms with van der Waals surface area (Å²) in [6.07, 6.45) is 4.60. The predicted molar refractivity (Wildman–Crippen MR) is 97.1 cm³/mol. The molecule has 140 valence electrons. The average molecular weight is 377 g/mol. The molecule has 8 heteroatoms. The SMILES string of the molecule is CCS(=O)(=O)N1CCC(C(=O)OCc2ccc(-n3cccn3)cc2)CC1. The summed E-state index contributed by atoms with van der Waals surface area (Å²) in [6.45, 7) is 2.61. The molecule has 0 amide bonds. The lowest BCUT2D eigenvalue weighted by molar-refractivity contribution is -0.151. The molecule has 0 bridgehead atoms. The predicted octanol–water partition coefficient (Wildman–Crippen LogP) is 1.98. The zero-order chi connectivity index (χ0) is 18.6. The number of nitrogens with zero attached hydrogens (tertiary/aromatic N) is 3. The van der Waals surface area contributed by atoms with Gasteiger partial charge in [0.05, 0.1) is 17.4 Å². The van der Waals surface area contributed by atoms with E-state index in [4.69, 9.17) is 4.74 Å². The summed E-state index contributed by atoms with van der Waals surface area (Å²) >= 11 is 0. The zero-order valence-electron chi connectivity index (χ0n) is 14.7. The van der Waals surface area contributed by atoms with Crippen molar-refractivity contribution in [3.05, 3.63) is 48.3 Å². The summed E-state index contributed by atoms with van der Waals surface area (Å²) in [4.78, 5) is 12.2. The minimum absolute atomic E-state index is 0.0939. The van der Waals surface area contributed by atoms with Gasteiger partial charge in [-0.25, -0.2) is 17.4 Å². The minimum Gasteiger partial charge on any atom is -0.461 e. The van der Waals surface area contributed by atoms with E-state index in [-0.39, 0.29) is 24.2 Å². The highest BCUT2D eigenvalue weighted by Gasteiger charge is 2.30. The monoisotopic (exact) mass is 377 g/mol. The third-order valence-corrected chi connectivity index (χ3v) is 6.51. The molecule has 2 aromatic rings. The van der Waals surface area contributed by atoms with Crippen molar-refractivity contribution in [1.29, 1.82) is 0 Å². The van der Waals surface area contributed by atoms with E-state index in [2.05, 4.69) is 5.10 Å². The molecule has 0 saturated carbocycles. The van der Waals surface area contributed by atoms with Gasteiger partial charge in [-0.2, -0.15) is 5.10 Å². The molecular weight excluding hydrogens is 354 g/mol. The number of aromatic nitrogens is 2. The molecule has 0 radical (unpaired) electrons. The van der Waals surface area contributed by atoms with Crippen molar-refractivity contribution < 1.29 is 17.9 Å². The van der Waals surface area contributed by atoms with E-state index in [1.165, 1.54) is 4.31 Å². The summed E-state index contributed by atoms with van der Waals surface area (Å²) in [5.41, 5.74) is 1.84. The molecule has 1 aliphatic rings. The van der Waals surface area contributed by atoms with Crippen molar-refractivity contribution in [2.45, 2.75) is 26.4 Å². The lowest BCUT2D eigenvalue weighted by Crippen LogP contribution is -2.41. The van der Waals surface area contributed by atoms with Crippen LogP contribution >= 0.6 is 0 Å². The maximum atomic E-state index is 12.2. The molecule has 0 spiro atoms. The fraction of sp³-hybridized carbons (Fsp3) is 0.444. The lowest BCUT2D eigenvalue weighted by atomic mass is 9.98. The summed E-state index contributed by atoms with van der Waals surface area (Å²) in [5, 5.41) is 4.17. The molecule has 26 heavy (non-hydrogen) atoms. The van der Waals surface area contributed by atoms with Crippen LogP contribution in [0.15, 0.2) is 42.7 Å². The number of hydrogen-bond donors (Lipinski definition) is 0. The maximum absolute atomic E-state index is 12.2. The van der Waals surface area contributed by atoms with Crippen LogP contribution in [0.4, 0.5) is 0 Å². The van der Waals surface area contributed by atoms with E-state index in [9.17, 15) is 13.2 Å². The molecule has 1 aliphatic heterocycles.